The molecule has 0 heterocycles. The van der Waals surface area contributed by atoms with Crippen LogP contribution in [0.1, 0.15) is 91.9 Å². The Hall–Kier alpha value is -0.120. The fourth-order valence-corrected chi connectivity index (χ4v) is 4.97. The average Bonchev–Trinajstić information content (AvgIpc) is 2.59. The van der Waals surface area contributed by atoms with E-state index in [0.717, 1.165) is 12.1 Å². The molecule has 0 aromatic carbocycles. The number of hydrazine groups is 1. The van der Waals surface area contributed by atoms with Crippen molar-refractivity contribution >= 4 is 0 Å². The second-order valence-electron chi connectivity index (χ2n) is 8.75. The van der Waals surface area contributed by atoms with Crippen LogP contribution in [-0.2, 0) is 0 Å². The van der Waals surface area contributed by atoms with Gasteiger partial charge in [0.1, 0.15) is 0 Å². The van der Waals surface area contributed by atoms with Gasteiger partial charge in [-0.05, 0) is 53.4 Å². The highest BCUT2D eigenvalue weighted by Gasteiger charge is 2.29. The molecule has 0 radical (unpaired) electrons. The van der Waals surface area contributed by atoms with Crippen molar-refractivity contribution in [2.24, 2.45) is 0 Å². The number of rotatable bonds is 8. The number of hydrogen-bond acceptors (Lipinski definition) is 3. The van der Waals surface area contributed by atoms with Crippen LogP contribution in [0.2, 0.25) is 0 Å². The van der Waals surface area contributed by atoms with Crippen molar-refractivity contribution < 1.29 is 0 Å². The van der Waals surface area contributed by atoms with E-state index in [1.54, 1.807) is 0 Å². The Morgan fingerprint density at radius 2 is 1.12 bits per heavy atom. The van der Waals surface area contributed by atoms with Crippen LogP contribution in [0.3, 0.4) is 0 Å². The lowest BCUT2D eigenvalue weighted by Gasteiger charge is -2.46. The second-order valence-corrected chi connectivity index (χ2v) is 8.75. The van der Waals surface area contributed by atoms with Gasteiger partial charge in [-0.3, -0.25) is 4.90 Å². The summed E-state index contributed by atoms with van der Waals surface area (Å²) in [5, 5.41) is 5.46. The molecule has 142 valence electrons. The van der Waals surface area contributed by atoms with Crippen LogP contribution in [0.4, 0.5) is 0 Å². The summed E-state index contributed by atoms with van der Waals surface area (Å²) >= 11 is 0. The molecule has 2 rings (SSSR count). The normalized spacial score (nSPS) is 21.8. The van der Waals surface area contributed by atoms with Crippen LogP contribution in [0.5, 0.6) is 0 Å². The van der Waals surface area contributed by atoms with Gasteiger partial charge < -0.3 is 0 Å². The van der Waals surface area contributed by atoms with Gasteiger partial charge in [0, 0.05) is 44.3 Å². The van der Waals surface area contributed by atoms with Gasteiger partial charge in [-0.25, -0.2) is 10.0 Å². The van der Waals surface area contributed by atoms with Crippen molar-refractivity contribution in [3.8, 4) is 0 Å². The van der Waals surface area contributed by atoms with Crippen molar-refractivity contribution in [2.45, 2.75) is 116 Å². The quantitative estimate of drug-likeness (QED) is 0.582. The third kappa shape index (κ3) is 5.71. The van der Waals surface area contributed by atoms with Crippen LogP contribution < -0.4 is 0 Å². The second kappa shape index (κ2) is 10.1. The molecule has 0 aromatic rings. The van der Waals surface area contributed by atoms with Gasteiger partial charge in [0.05, 0.1) is 0 Å². The molecule has 3 nitrogen and oxygen atoms in total. The molecule has 2 aliphatic carbocycles. The Morgan fingerprint density at radius 1 is 0.667 bits per heavy atom. The smallest absolute Gasteiger partial charge is 0.0264 e. The maximum atomic E-state index is 2.78. The first-order valence-electron chi connectivity index (χ1n) is 10.8. The maximum absolute atomic E-state index is 2.78. The number of nitrogens with zero attached hydrogens (tertiary/aromatic N) is 3. The molecule has 0 unspecified atom stereocenters. The van der Waals surface area contributed by atoms with Crippen LogP contribution in [0.25, 0.3) is 0 Å². The molecule has 0 saturated heterocycles. The van der Waals surface area contributed by atoms with E-state index >= 15 is 0 Å². The molecule has 0 amide bonds. The SMILES string of the molecule is CC(C)N(CCN(C1CCCCC1)N(C)C1CCCCC1)C(C)C. The molecule has 2 fully saturated rings. The average molecular weight is 338 g/mol. The Balaban J connectivity index is 2.01. The van der Waals surface area contributed by atoms with Crippen molar-refractivity contribution in [1.29, 1.82) is 0 Å². The number of hydrogen-bond donors (Lipinski definition) is 0. The fourth-order valence-electron chi connectivity index (χ4n) is 4.97. The minimum Gasteiger partial charge on any atom is -0.297 e. The lowest BCUT2D eigenvalue weighted by molar-refractivity contribution is -0.0941. The lowest BCUT2D eigenvalue weighted by Crippen LogP contribution is -2.55. The monoisotopic (exact) mass is 337 g/mol. The summed E-state index contributed by atoms with van der Waals surface area (Å²) in [6.07, 6.45) is 14.2. The van der Waals surface area contributed by atoms with E-state index in [9.17, 15) is 0 Å². The van der Waals surface area contributed by atoms with Gasteiger partial charge in [-0.1, -0.05) is 38.5 Å². The van der Waals surface area contributed by atoms with E-state index in [4.69, 9.17) is 0 Å². The summed E-state index contributed by atoms with van der Waals surface area (Å²) in [6.45, 7) is 11.8. The van der Waals surface area contributed by atoms with Gasteiger partial charge in [0.25, 0.3) is 0 Å². The summed E-state index contributed by atoms with van der Waals surface area (Å²) in [5.74, 6) is 0. The largest absolute Gasteiger partial charge is 0.297 e. The van der Waals surface area contributed by atoms with Crippen molar-refractivity contribution in [3.05, 3.63) is 0 Å². The van der Waals surface area contributed by atoms with Crippen molar-refractivity contribution in [2.75, 3.05) is 20.1 Å². The summed E-state index contributed by atoms with van der Waals surface area (Å²) in [5.41, 5.74) is 0. The zero-order valence-corrected chi connectivity index (χ0v) is 17.1. The van der Waals surface area contributed by atoms with Gasteiger partial charge in [-0.15, -0.1) is 0 Å². The van der Waals surface area contributed by atoms with E-state index in [1.165, 1.54) is 77.3 Å². The van der Waals surface area contributed by atoms with Crippen LogP contribution >= 0.6 is 0 Å². The van der Waals surface area contributed by atoms with E-state index < -0.39 is 0 Å². The molecule has 2 saturated carbocycles. The summed E-state index contributed by atoms with van der Waals surface area (Å²) in [4.78, 5) is 2.66. The minimum absolute atomic E-state index is 0.637. The maximum Gasteiger partial charge on any atom is 0.0264 e. The Kier molecular flexibility index (Phi) is 8.53. The predicted molar refractivity (Wildman–Crippen MR) is 105 cm³/mol. The topological polar surface area (TPSA) is 9.72 Å². The van der Waals surface area contributed by atoms with Crippen LogP contribution in [0.15, 0.2) is 0 Å². The molecule has 0 atom stereocenters. The highest BCUT2D eigenvalue weighted by molar-refractivity contribution is 4.80. The highest BCUT2D eigenvalue weighted by Crippen LogP contribution is 2.28. The van der Waals surface area contributed by atoms with E-state index in [1.807, 2.05) is 0 Å². The van der Waals surface area contributed by atoms with Crippen molar-refractivity contribution in [3.63, 3.8) is 0 Å². The lowest BCUT2D eigenvalue weighted by atomic mass is 9.93. The molecule has 0 spiro atoms. The summed E-state index contributed by atoms with van der Waals surface area (Å²) < 4.78 is 0. The molecule has 0 aromatic heterocycles. The van der Waals surface area contributed by atoms with Crippen LogP contribution in [0, 0.1) is 0 Å². The van der Waals surface area contributed by atoms with Gasteiger partial charge in [0.2, 0.25) is 0 Å². The van der Waals surface area contributed by atoms with Crippen molar-refractivity contribution in [1.82, 2.24) is 14.9 Å². The Labute approximate surface area is 151 Å². The fraction of sp³-hybridized carbons (Fsp3) is 1.00. The first-order valence-corrected chi connectivity index (χ1v) is 10.8. The third-order valence-electron chi connectivity index (χ3n) is 6.42. The van der Waals surface area contributed by atoms with Crippen LogP contribution in [-0.4, -0.2) is 59.2 Å². The predicted octanol–water partition coefficient (Wildman–Crippen LogP) is 4.92. The standard InChI is InChI=1S/C21H43N3/c1-18(2)23(19(3)4)16-17-24(21-14-10-7-11-15-21)22(5)20-12-8-6-9-13-20/h18-21H,6-17H2,1-5H3. The molecular weight excluding hydrogens is 294 g/mol. The van der Waals surface area contributed by atoms with Gasteiger partial charge in [0.15, 0.2) is 0 Å². The molecule has 3 heteroatoms. The van der Waals surface area contributed by atoms with E-state index in [2.05, 4.69) is 49.7 Å². The molecule has 24 heavy (non-hydrogen) atoms. The summed E-state index contributed by atoms with van der Waals surface area (Å²) in [7, 11) is 2.39. The van der Waals surface area contributed by atoms with Gasteiger partial charge in [-0.2, -0.15) is 0 Å². The first kappa shape index (κ1) is 20.2. The zero-order chi connectivity index (χ0) is 17.5. The molecular formula is C21H43N3. The molecule has 0 bridgehead atoms. The first-order chi connectivity index (χ1) is 11.5. The highest BCUT2D eigenvalue weighted by atomic mass is 15.6. The van der Waals surface area contributed by atoms with Gasteiger partial charge >= 0.3 is 0 Å². The molecule has 0 N–H and O–H groups in total. The molecule has 0 aliphatic heterocycles. The summed E-state index contributed by atoms with van der Waals surface area (Å²) in [6, 6.07) is 2.84. The minimum atomic E-state index is 0.637. The van der Waals surface area contributed by atoms with E-state index in [-0.39, 0.29) is 0 Å². The zero-order valence-electron chi connectivity index (χ0n) is 17.1. The Morgan fingerprint density at radius 3 is 1.58 bits per heavy atom. The Bertz CT molecular complexity index is 322. The van der Waals surface area contributed by atoms with E-state index in [0.29, 0.717) is 12.1 Å². The third-order valence-corrected chi connectivity index (χ3v) is 6.42. The molecule has 2 aliphatic rings.